The Morgan fingerprint density at radius 2 is 1.50 bits per heavy atom. The zero-order valence-corrected chi connectivity index (χ0v) is 27.9. The van der Waals surface area contributed by atoms with Crippen LogP contribution in [0.3, 0.4) is 0 Å². The van der Waals surface area contributed by atoms with Gasteiger partial charge in [-0.25, -0.2) is 0 Å². The molecule has 1 heterocycles. The van der Waals surface area contributed by atoms with E-state index in [0.717, 1.165) is 22.9 Å². The molecule has 4 aromatic rings. The number of hydrogen-bond donors (Lipinski definition) is 1. The maximum Gasteiger partial charge on any atom is 0.417 e. The standard InChI is InChI=1S/C38H41ClF3N3O3/c1-3-32(48-33-18-11-17-31(24-33)44-22-20-43(21-23-44)27-35(46)47)26-45(25-28-12-10-19-34(36(28)39)38(40,41)42)37(2,29-13-6-4-7-14-29)30-15-8-5-9-16-30/h4-19,24,32H,3,20-23,25-27H2,1-2H3,(H,46,47)/t32-/m1/s1. The number of carboxylic acid groups (broad SMARTS) is 1. The van der Waals surface area contributed by atoms with Gasteiger partial charge in [-0.2, -0.15) is 13.2 Å². The average Bonchev–Trinajstić information content (AvgIpc) is 3.08. The van der Waals surface area contributed by atoms with Crippen LogP contribution in [0.25, 0.3) is 0 Å². The molecule has 1 aliphatic rings. The number of benzene rings is 4. The molecule has 1 N–H and O–H groups in total. The first-order valence-electron chi connectivity index (χ1n) is 16.2. The molecular weight excluding hydrogens is 639 g/mol. The summed E-state index contributed by atoms with van der Waals surface area (Å²) in [4.78, 5) is 17.4. The Hall–Kier alpha value is -4.05. The van der Waals surface area contributed by atoms with Gasteiger partial charge in [-0.3, -0.25) is 14.6 Å². The Morgan fingerprint density at radius 3 is 2.06 bits per heavy atom. The molecule has 0 saturated carbocycles. The van der Waals surface area contributed by atoms with Crippen LogP contribution >= 0.6 is 11.6 Å². The summed E-state index contributed by atoms with van der Waals surface area (Å²) in [7, 11) is 0. The lowest BCUT2D eigenvalue weighted by Crippen LogP contribution is -2.48. The van der Waals surface area contributed by atoms with Crippen LogP contribution in [0.2, 0.25) is 5.02 Å². The van der Waals surface area contributed by atoms with Crippen molar-refractivity contribution in [3.05, 3.63) is 130 Å². The minimum atomic E-state index is -4.58. The Balaban J connectivity index is 1.47. The minimum absolute atomic E-state index is 0.0300. The van der Waals surface area contributed by atoms with Crippen LogP contribution in [0, 0.1) is 0 Å². The molecule has 4 aromatic carbocycles. The summed E-state index contributed by atoms with van der Waals surface area (Å²) < 4.78 is 48.4. The highest BCUT2D eigenvalue weighted by atomic mass is 35.5. The molecule has 5 rings (SSSR count). The Morgan fingerprint density at radius 1 is 0.896 bits per heavy atom. The molecule has 0 aromatic heterocycles. The second-order valence-electron chi connectivity index (χ2n) is 12.3. The van der Waals surface area contributed by atoms with E-state index in [1.165, 1.54) is 6.07 Å². The second kappa shape index (κ2) is 15.4. The van der Waals surface area contributed by atoms with E-state index in [1.54, 1.807) is 6.07 Å². The fraction of sp³-hybridized carbons (Fsp3) is 0.342. The predicted octanol–water partition coefficient (Wildman–Crippen LogP) is 8.19. The number of anilines is 1. The van der Waals surface area contributed by atoms with Crippen molar-refractivity contribution in [3.8, 4) is 5.75 Å². The average molecular weight is 680 g/mol. The van der Waals surface area contributed by atoms with Crippen molar-refractivity contribution < 1.29 is 27.8 Å². The molecule has 0 bridgehead atoms. The lowest BCUT2D eigenvalue weighted by molar-refractivity contribution is -0.139. The van der Waals surface area contributed by atoms with E-state index < -0.39 is 23.2 Å². The summed E-state index contributed by atoms with van der Waals surface area (Å²) in [5.41, 5.74) is 1.73. The number of aliphatic carboxylic acids is 1. The van der Waals surface area contributed by atoms with E-state index in [1.807, 2.05) is 96.8 Å². The molecule has 0 amide bonds. The molecular formula is C38H41ClF3N3O3. The first kappa shape index (κ1) is 35.3. The van der Waals surface area contributed by atoms with Crippen molar-refractivity contribution in [2.45, 2.75) is 44.6 Å². The van der Waals surface area contributed by atoms with Crippen molar-refractivity contribution in [2.24, 2.45) is 0 Å². The number of rotatable bonds is 13. The number of hydrogen-bond acceptors (Lipinski definition) is 5. The van der Waals surface area contributed by atoms with Crippen LogP contribution in [-0.2, 0) is 23.1 Å². The smallest absolute Gasteiger partial charge is 0.417 e. The fourth-order valence-electron chi connectivity index (χ4n) is 6.39. The second-order valence-corrected chi connectivity index (χ2v) is 12.6. The third-order valence-electron chi connectivity index (χ3n) is 9.15. The van der Waals surface area contributed by atoms with Gasteiger partial charge in [0.2, 0.25) is 0 Å². The number of piperazine rings is 1. The number of carbonyl (C=O) groups is 1. The summed E-state index contributed by atoms with van der Waals surface area (Å²) in [6, 6.07) is 31.8. The number of carboxylic acids is 1. The van der Waals surface area contributed by atoms with E-state index in [-0.39, 0.29) is 24.2 Å². The zero-order chi connectivity index (χ0) is 34.3. The fourth-order valence-corrected chi connectivity index (χ4v) is 6.68. The third kappa shape index (κ3) is 8.32. The summed E-state index contributed by atoms with van der Waals surface area (Å²) >= 11 is 6.49. The molecule has 1 fully saturated rings. The van der Waals surface area contributed by atoms with E-state index in [2.05, 4.69) is 16.7 Å². The monoisotopic (exact) mass is 679 g/mol. The van der Waals surface area contributed by atoms with Gasteiger partial charge >= 0.3 is 12.1 Å². The molecule has 10 heteroatoms. The molecule has 48 heavy (non-hydrogen) atoms. The van der Waals surface area contributed by atoms with Gasteiger partial charge in [0.15, 0.2) is 0 Å². The first-order chi connectivity index (χ1) is 23.0. The van der Waals surface area contributed by atoms with Crippen molar-refractivity contribution in [2.75, 3.05) is 44.2 Å². The molecule has 0 radical (unpaired) electrons. The van der Waals surface area contributed by atoms with Crippen molar-refractivity contribution >= 4 is 23.3 Å². The minimum Gasteiger partial charge on any atom is -0.489 e. The molecule has 1 aliphatic heterocycles. The van der Waals surface area contributed by atoms with Crippen LogP contribution < -0.4 is 9.64 Å². The van der Waals surface area contributed by atoms with Gasteiger partial charge in [0.05, 0.1) is 22.7 Å². The van der Waals surface area contributed by atoms with Crippen molar-refractivity contribution in [3.63, 3.8) is 0 Å². The summed E-state index contributed by atoms with van der Waals surface area (Å²) in [5, 5.41) is 8.85. The van der Waals surface area contributed by atoms with E-state index in [0.29, 0.717) is 50.5 Å². The molecule has 1 saturated heterocycles. The molecule has 6 nitrogen and oxygen atoms in total. The van der Waals surface area contributed by atoms with Crippen LogP contribution in [0.4, 0.5) is 18.9 Å². The maximum absolute atomic E-state index is 13.9. The Labute approximate surface area is 285 Å². The first-order valence-corrected chi connectivity index (χ1v) is 16.5. The number of nitrogens with zero attached hydrogens (tertiary/aromatic N) is 3. The van der Waals surface area contributed by atoms with Crippen LogP contribution in [0.5, 0.6) is 5.75 Å². The highest BCUT2D eigenvalue weighted by Gasteiger charge is 2.39. The van der Waals surface area contributed by atoms with Gasteiger partial charge in [-0.05, 0) is 48.2 Å². The molecule has 0 aliphatic carbocycles. The Kier molecular flexibility index (Phi) is 11.3. The SMILES string of the molecule is CC[C@H](CN(Cc1cccc(C(F)(F)F)c1Cl)C(C)(c1ccccc1)c1ccccc1)Oc1cccc(N2CCN(CC(=O)O)CC2)c1. The van der Waals surface area contributed by atoms with Gasteiger partial charge in [-0.15, -0.1) is 0 Å². The highest BCUT2D eigenvalue weighted by Crippen LogP contribution is 2.41. The Bertz CT molecular complexity index is 1610. The van der Waals surface area contributed by atoms with E-state index >= 15 is 0 Å². The predicted molar refractivity (Wildman–Crippen MR) is 184 cm³/mol. The largest absolute Gasteiger partial charge is 0.489 e. The molecule has 0 unspecified atom stereocenters. The zero-order valence-electron chi connectivity index (χ0n) is 27.2. The van der Waals surface area contributed by atoms with Crippen LogP contribution in [0.1, 0.15) is 42.5 Å². The topological polar surface area (TPSA) is 56.2 Å². The molecule has 0 spiro atoms. The molecule has 254 valence electrons. The van der Waals surface area contributed by atoms with Gasteiger partial charge in [0, 0.05) is 51.0 Å². The third-order valence-corrected chi connectivity index (χ3v) is 9.59. The van der Waals surface area contributed by atoms with E-state index in [4.69, 9.17) is 21.4 Å². The van der Waals surface area contributed by atoms with Gasteiger partial charge < -0.3 is 14.7 Å². The van der Waals surface area contributed by atoms with Gasteiger partial charge in [0.25, 0.3) is 0 Å². The number of halogens is 4. The van der Waals surface area contributed by atoms with Gasteiger partial charge in [-0.1, -0.05) is 97.4 Å². The van der Waals surface area contributed by atoms with E-state index in [9.17, 15) is 18.0 Å². The quantitative estimate of drug-likeness (QED) is 0.154. The normalized spacial score (nSPS) is 15.0. The number of ether oxygens (including phenoxy) is 1. The number of alkyl halides is 3. The van der Waals surface area contributed by atoms with Gasteiger partial charge in [0.1, 0.15) is 11.9 Å². The summed E-state index contributed by atoms with van der Waals surface area (Å²) in [5.74, 6) is -0.144. The lowest BCUT2D eigenvalue weighted by atomic mass is 9.82. The maximum atomic E-state index is 13.9. The van der Waals surface area contributed by atoms with Crippen molar-refractivity contribution in [1.82, 2.24) is 9.80 Å². The summed E-state index contributed by atoms with van der Waals surface area (Å²) in [6.45, 7) is 7.40. The highest BCUT2D eigenvalue weighted by molar-refractivity contribution is 6.32. The summed E-state index contributed by atoms with van der Waals surface area (Å²) in [6.07, 6.45) is -4.25. The van der Waals surface area contributed by atoms with Crippen LogP contribution in [-0.4, -0.2) is 66.2 Å². The lowest BCUT2D eigenvalue weighted by Gasteiger charge is -2.44. The van der Waals surface area contributed by atoms with Crippen molar-refractivity contribution in [1.29, 1.82) is 0 Å². The molecule has 1 atom stereocenters. The van der Waals surface area contributed by atoms with Crippen LogP contribution in [0.15, 0.2) is 103 Å².